The van der Waals surface area contributed by atoms with Gasteiger partial charge >= 0.3 is 6.03 Å². The van der Waals surface area contributed by atoms with Gasteiger partial charge in [0.05, 0.1) is 27.2 Å². The Bertz CT molecular complexity index is 1640. The van der Waals surface area contributed by atoms with Crippen LogP contribution in [0.4, 0.5) is 21.9 Å². The first-order chi connectivity index (χ1) is 21.1. The average Bonchev–Trinajstić information content (AvgIpc) is 3.31. The largest absolute Gasteiger partial charge is 0.412 e. The number of nitrogens with two attached hydrogens (primary N) is 1. The van der Waals surface area contributed by atoms with Crippen molar-refractivity contribution in [2.24, 2.45) is 5.73 Å². The molecule has 1 unspecified atom stereocenters. The maximum atomic E-state index is 14.3. The molecule has 0 bridgehead atoms. The van der Waals surface area contributed by atoms with Gasteiger partial charge in [-0.05, 0) is 61.9 Å². The molecule has 5 rings (SSSR count). The van der Waals surface area contributed by atoms with Crippen molar-refractivity contribution in [3.63, 3.8) is 0 Å². The first-order valence-electron chi connectivity index (χ1n) is 14.6. The molecule has 0 aromatic heterocycles. The molecule has 3 amide bonds. The van der Waals surface area contributed by atoms with E-state index in [0.717, 1.165) is 23.9 Å². The predicted molar refractivity (Wildman–Crippen MR) is 179 cm³/mol. The molecule has 2 aliphatic rings. The number of fused-ring (bicyclic) bond motifs is 1. The van der Waals surface area contributed by atoms with Crippen LogP contribution < -0.4 is 20.3 Å². The Labute approximate surface area is 273 Å². The topological polar surface area (TPSA) is 151 Å². The molecule has 1 saturated heterocycles. The van der Waals surface area contributed by atoms with Crippen molar-refractivity contribution < 1.29 is 23.5 Å². The van der Waals surface area contributed by atoms with E-state index in [1.54, 1.807) is 41.3 Å². The summed E-state index contributed by atoms with van der Waals surface area (Å²) in [4.78, 5) is 32.7. The maximum absolute atomic E-state index is 14.3. The van der Waals surface area contributed by atoms with Gasteiger partial charge in [-0.1, -0.05) is 41.4 Å². The van der Waals surface area contributed by atoms with Crippen LogP contribution in [0, 0.1) is 0 Å². The number of carbonyl (C=O) groups is 2. The van der Waals surface area contributed by atoms with Crippen molar-refractivity contribution in [1.82, 2.24) is 9.80 Å². The number of carbonyl (C=O) groups excluding carboxylic acids is 2. The predicted octanol–water partition coefficient (Wildman–Crippen LogP) is 3.99. The van der Waals surface area contributed by atoms with E-state index < -0.39 is 21.8 Å². The first-order valence-corrected chi connectivity index (χ1v) is 16.8. The smallest absolute Gasteiger partial charge is 0.321 e. The Hall–Kier alpha value is -3.39. The summed E-state index contributed by atoms with van der Waals surface area (Å²) in [7, 11) is -4.37. The summed E-state index contributed by atoms with van der Waals surface area (Å²) in [6.07, 6.45) is 0. The van der Waals surface area contributed by atoms with Gasteiger partial charge in [0.1, 0.15) is 0 Å². The summed E-state index contributed by atoms with van der Waals surface area (Å²) in [6, 6.07) is 15.7. The normalized spacial score (nSPS) is 16.7. The number of amides is 3. The molecule has 242 valence electrons. The van der Waals surface area contributed by atoms with E-state index in [1.807, 2.05) is 13.8 Å². The quantitative estimate of drug-likeness (QED) is 0.348. The summed E-state index contributed by atoms with van der Waals surface area (Å²) in [6.45, 7) is 8.92. The van der Waals surface area contributed by atoms with E-state index in [1.165, 1.54) is 24.3 Å². The Kier molecular flexibility index (Phi) is 11.0. The number of sulfonamides is 1. The molecule has 45 heavy (non-hydrogen) atoms. The Morgan fingerprint density at radius 3 is 2.20 bits per heavy atom. The SMILES string of the molecule is CCN(CC)C(=O)Nc1ccc(S(=O)(=O)N2C(=O)C(c3ccccc3Cl)c3c2ccc(Cl)c3N2CCN(CCN)CC2)cc1.O. The van der Waals surface area contributed by atoms with Crippen LogP contribution in [0.15, 0.2) is 65.6 Å². The highest BCUT2D eigenvalue weighted by Gasteiger charge is 2.48. The van der Waals surface area contributed by atoms with E-state index in [-0.39, 0.29) is 22.1 Å². The van der Waals surface area contributed by atoms with E-state index >= 15 is 0 Å². The fourth-order valence-corrected chi connectivity index (χ4v) is 7.85. The molecule has 14 heteroatoms. The second-order valence-corrected chi connectivity index (χ2v) is 13.2. The van der Waals surface area contributed by atoms with Gasteiger partial charge in [-0.2, -0.15) is 0 Å². The van der Waals surface area contributed by atoms with E-state index in [9.17, 15) is 18.0 Å². The van der Waals surface area contributed by atoms with E-state index in [0.29, 0.717) is 65.3 Å². The highest BCUT2D eigenvalue weighted by atomic mass is 35.5. The maximum Gasteiger partial charge on any atom is 0.321 e. The lowest BCUT2D eigenvalue weighted by Crippen LogP contribution is -2.48. The van der Waals surface area contributed by atoms with Gasteiger partial charge in [0.15, 0.2) is 0 Å². The average molecular weight is 678 g/mol. The van der Waals surface area contributed by atoms with E-state index in [4.69, 9.17) is 28.9 Å². The van der Waals surface area contributed by atoms with Crippen molar-refractivity contribution in [2.75, 3.05) is 66.9 Å². The van der Waals surface area contributed by atoms with Crippen molar-refractivity contribution in [3.05, 3.63) is 81.8 Å². The van der Waals surface area contributed by atoms with Crippen LogP contribution in [0.25, 0.3) is 0 Å². The van der Waals surface area contributed by atoms with Crippen LogP contribution in [-0.2, 0) is 14.8 Å². The van der Waals surface area contributed by atoms with Gasteiger partial charge in [-0.15, -0.1) is 0 Å². The van der Waals surface area contributed by atoms with Crippen molar-refractivity contribution >= 4 is 62.2 Å². The number of benzene rings is 3. The lowest BCUT2D eigenvalue weighted by molar-refractivity contribution is -0.117. The van der Waals surface area contributed by atoms with Crippen LogP contribution in [0.3, 0.4) is 0 Å². The molecule has 3 aromatic rings. The molecule has 1 atom stereocenters. The molecule has 0 spiro atoms. The summed E-state index contributed by atoms with van der Waals surface area (Å²) < 4.78 is 29.3. The lowest BCUT2D eigenvalue weighted by Gasteiger charge is -2.37. The molecule has 1 fully saturated rings. The Morgan fingerprint density at radius 1 is 0.956 bits per heavy atom. The van der Waals surface area contributed by atoms with Crippen molar-refractivity contribution in [1.29, 1.82) is 0 Å². The Balaban J connectivity index is 0.00000461. The number of nitrogens with zero attached hydrogens (tertiary/aromatic N) is 4. The van der Waals surface area contributed by atoms with Gasteiger partial charge in [0, 0.05) is 68.6 Å². The minimum Gasteiger partial charge on any atom is -0.412 e. The van der Waals surface area contributed by atoms with Gasteiger partial charge in [-0.25, -0.2) is 17.5 Å². The molecule has 0 aliphatic carbocycles. The minimum atomic E-state index is -4.37. The summed E-state index contributed by atoms with van der Waals surface area (Å²) >= 11 is 13.5. The fraction of sp³-hybridized carbons (Fsp3) is 0.355. The van der Waals surface area contributed by atoms with Gasteiger partial charge in [-0.3, -0.25) is 9.69 Å². The van der Waals surface area contributed by atoms with Crippen molar-refractivity contribution in [2.45, 2.75) is 24.7 Å². The third-order valence-electron chi connectivity index (χ3n) is 8.14. The molecule has 5 N–H and O–H groups in total. The molecule has 0 radical (unpaired) electrons. The fourth-order valence-electron chi connectivity index (χ4n) is 5.87. The number of nitrogens with one attached hydrogen (secondary N) is 1. The highest BCUT2D eigenvalue weighted by Crippen LogP contribution is 2.51. The summed E-state index contributed by atoms with van der Waals surface area (Å²) in [5.74, 6) is -1.63. The molecule has 11 nitrogen and oxygen atoms in total. The number of rotatable bonds is 9. The minimum absolute atomic E-state index is 0. The number of hydrogen-bond acceptors (Lipinski definition) is 7. The Morgan fingerprint density at radius 2 is 1.60 bits per heavy atom. The van der Waals surface area contributed by atoms with Crippen LogP contribution in [-0.4, -0.2) is 88.0 Å². The zero-order valence-corrected chi connectivity index (χ0v) is 27.5. The van der Waals surface area contributed by atoms with Crippen molar-refractivity contribution in [3.8, 4) is 0 Å². The second-order valence-electron chi connectivity index (χ2n) is 10.6. The van der Waals surface area contributed by atoms with Crippen LogP contribution in [0.2, 0.25) is 10.0 Å². The molecule has 3 aromatic carbocycles. The first kappa shape index (κ1) is 34.5. The van der Waals surface area contributed by atoms with Gasteiger partial charge in [0.25, 0.3) is 15.9 Å². The van der Waals surface area contributed by atoms with Gasteiger partial charge in [0.2, 0.25) is 0 Å². The van der Waals surface area contributed by atoms with Crippen LogP contribution in [0.5, 0.6) is 0 Å². The standard InChI is InChI=1S/C31H36Cl2N6O4S.H2O/c1-3-37(4-2)31(41)35-21-9-11-22(12-10-21)44(42,43)39-26-14-13-25(33)29(38-19-17-36(16-15-34)18-20-38)28(26)27(30(39)40)23-7-5-6-8-24(23)32;/h5-14,27H,3-4,15-20,34H2,1-2H3,(H,35,41);1H2. The van der Waals surface area contributed by atoms with Gasteiger partial charge < -0.3 is 26.3 Å². The number of halogens is 2. The molecule has 2 heterocycles. The number of urea groups is 1. The molecule has 0 saturated carbocycles. The molecular weight excluding hydrogens is 639 g/mol. The zero-order valence-electron chi connectivity index (χ0n) is 25.2. The summed E-state index contributed by atoms with van der Waals surface area (Å²) in [5, 5.41) is 3.55. The van der Waals surface area contributed by atoms with E-state index in [2.05, 4.69) is 15.1 Å². The molecule has 2 aliphatic heterocycles. The third-order valence-corrected chi connectivity index (χ3v) is 10.5. The zero-order chi connectivity index (χ0) is 31.6. The summed E-state index contributed by atoms with van der Waals surface area (Å²) in [5.41, 5.74) is 8.07. The number of piperazine rings is 1. The highest BCUT2D eigenvalue weighted by molar-refractivity contribution is 7.93. The number of hydrogen-bond donors (Lipinski definition) is 2. The van der Waals surface area contributed by atoms with Crippen LogP contribution >= 0.6 is 23.2 Å². The third kappa shape index (κ3) is 6.62. The van der Waals surface area contributed by atoms with Crippen LogP contribution in [0.1, 0.15) is 30.9 Å². The lowest BCUT2D eigenvalue weighted by atomic mass is 9.90. The molecular formula is C31H38Cl2N6O5S. The number of anilines is 3. The second kappa shape index (κ2) is 14.4. The monoisotopic (exact) mass is 676 g/mol.